The molecule has 0 radical (unpaired) electrons. The maximum atomic E-state index is 12.1. The number of anilines is 1. The van der Waals surface area contributed by atoms with Crippen LogP contribution in [0.4, 0.5) is 5.69 Å². The van der Waals surface area contributed by atoms with Gasteiger partial charge in [-0.15, -0.1) is 0 Å². The highest BCUT2D eigenvalue weighted by Gasteiger charge is 2.23. The minimum Gasteiger partial charge on any atom is -0.325 e. The lowest BCUT2D eigenvalue weighted by molar-refractivity contribution is -0.119. The number of benzene rings is 1. The van der Waals surface area contributed by atoms with Crippen molar-refractivity contribution in [1.82, 2.24) is 10.2 Å². The Labute approximate surface area is 115 Å². The van der Waals surface area contributed by atoms with Gasteiger partial charge in [0.05, 0.1) is 6.04 Å². The molecule has 104 valence electrons. The molecule has 4 nitrogen and oxygen atoms in total. The molecule has 0 aromatic heterocycles. The van der Waals surface area contributed by atoms with Gasteiger partial charge in [0.15, 0.2) is 0 Å². The summed E-state index contributed by atoms with van der Waals surface area (Å²) in [5.41, 5.74) is 2.15. The van der Waals surface area contributed by atoms with Crippen LogP contribution in [0.25, 0.3) is 0 Å². The Bertz CT molecular complexity index is 428. The topological polar surface area (TPSA) is 44.4 Å². The number of nitrogens with zero attached hydrogens (tertiary/aromatic N) is 1. The van der Waals surface area contributed by atoms with Crippen molar-refractivity contribution >= 4 is 11.6 Å². The molecule has 2 rings (SSSR count). The van der Waals surface area contributed by atoms with E-state index in [9.17, 15) is 4.79 Å². The Morgan fingerprint density at radius 1 is 1.37 bits per heavy atom. The number of carbonyl (C=O) groups excluding carboxylic acids is 1. The summed E-state index contributed by atoms with van der Waals surface area (Å²) in [6.07, 6.45) is 0. The largest absolute Gasteiger partial charge is 0.325 e. The van der Waals surface area contributed by atoms with Crippen LogP contribution in [0, 0.1) is 0 Å². The average molecular weight is 261 g/mol. The van der Waals surface area contributed by atoms with Crippen LogP contribution in [0.3, 0.4) is 0 Å². The second kappa shape index (κ2) is 6.17. The molecule has 1 amide bonds. The van der Waals surface area contributed by atoms with E-state index in [0.29, 0.717) is 5.92 Å². The molecule has 1 unspecified atom stereocenters. The van der Waals surface area contributed by atoms with Crippen molar-refractivity contribution in [2.24, 2.45) is 0 Å². The van der Waals surface area contributed by atoms with Crippen molar-refractivity contribution in [3.63, 3.8) is 0 Å². The van der Waals surface area contributed by atoms with Crippen molar-refractivity contribution in [1.29, 1.82) is 0 Å². The summed E-state index contributed by atoms with van der Waals surface area (Å²) < 4.78 is 0. The molecular formula is C15H23N3O. The van der Waals surface area contributed by atoms with Crippen LogP contribution < -0.4 is 10.6 Å². The van der Waals surface area contributed by atoms with E-state index in [4.69, 9.17) is 0 Å². The molecule has 4 heteroatoms. The van der Waals surface area contributed by atoms with E-state index >= 15 is 0 Å². The van der Waals surface area contributed by atoms with Gasteiger partial charge in [0.1, 0.15) is 0 Å². The van der Waals surface area contributed by atoms with E-state index in [1.54, 1.807) is 0 Å². The van der Waals surface area contributed by atoms with Crippen LogP contribution in [0.1, 0.15) is 25.3 Å². The highest BCUT2D eigenvalue weighted by atomic mass is 16.2. The van der Waals surface area contributed by atoms with Crippen LogP contribution in [0.5, 0.6) is 0 Å². The Balaban J connectivity index is 1.94. The predicted octanol–water partition coefficient (Wildman–Crippen LogP) is 1.65. The molecule has 19 heavy (non-hydrogen) atoms. The monoisotopic (exact) mass is 261 g/mol. The lowest BCUT2D eigenvalue weighted by Gasteiger charge is -2.29. The average Bonchev–Trinajstić information content (AvgIpc) is 2.39. The summed E-state index contributed by atoms with van der Waals surface area (Å²) in [7, 11) is 2.04. The standard InChI is InChI=1S/C15H23N3O/c1-11(2)12-4-6-13(7-5-12)17-15(19)14-10-18(3)9-8-16-14/h4-7,11,14,16H,8-10H2,1-3H3,(H,17,19). The quantitative estimate of drug-likeness (QED) is 0.869. The van der Waals surface area contributed by atoms with Crippen LogP contribution in [0.2, 0.25) is 0 Å². The predicted molar refractivity (Wildman–Crippen MR) is 78.4 cm³/mol. The molecule has 1 heterocycles. The number of piperazine rings is 1. The first-order chi connectivity index (χ1) is 9.06. The van der Waals surface area contributed by atoms with Crippen LogP contribution >= 0.6 is 0 Å². The highest BCUT2D eigenvalue weighted by Crippen LogP contribution is 2.17. The van der Waals surface area contributed by atoms with Crippen molar-refractivity contribution < 1.29 is 4.79 Å². The van der Waals surface area contributed by atoms with Gasteiger partial charge in [-0.05, 0) is 30.7 Å². The third-order valence-corrected chi connectivity index (χ3v) is 3.54. The number of amides is 1. The molecule has 2 N–H and O–H groups in total. The lowest BCUT2D eigenvalue weighted by Crippen LogP contribution is -2.54. The van der Waals surface area contributed by atoms with Gasteiger partial charge in [-0.3, -0.25) is 4.79 Å². The molecule has 1 atom stereocenters. The Hall–Kier alpha value is -1.39. The van der Waals surface area contributed by atoms with Crippen molar-refractivity contribution in [2.45, 2.75) is 25.8 Å². The summed E-state index contributed by atoms with van der Waals surface area (Å²) in [6.45, 7) is 6.94. The third kappa shape index (κ3) is 3.78. The first-order valence-electron chi connectivity index (χ1n) is 6.89. The van der Waals surface area contributed by atoms with E-state index in [2.05, 4.69) is 41.5 Å². The number of carbonyl (C=O) groups is 1. The first kappa shape index (κ1) is 14.0. The van der Waals surface area contributed by atoms with E-state index in [1.165, 1.54) is 5.56 Å². The molecule has 0 bridgehead atoms. The fourth-order valence-electron chi connectivity index (χ4n) is 2.25. The van der Waals surface area contributed by atoms with E-state index in [0.717, 1.165) is 25.3 Å². The minimum absolute atomic E-state index is 0.0452. The molecule has 0 spiro atoms. The maximum Gasteiger partial charge on any atom is 0.242 e. The zero-order chi connectivity index (χ0) is 13.8. The van der Waals surface area contributed by atoms with Gasteiger partial charge in [-0.1, -0.05) is 26.0 Å². The molecule has 0 aliphatic carbocycles. The van der Waals surface area contributed by atoms with Gasteiger partial charge >= 0.3 is 0 Å². The summed E-state index contributed by atoms with van der Waals surface area (Å²) >= 11 is 0. The Morgan fingerprint density at radius 3 is 2.63 bits per heavy atom. The lowest BCUT2D eigenvalue weighted by atomic mass is 10.0. The van der Waals surface area contributed by atoms with Gasteiger partial charge < -0.3 is 15.5 Å². The number of nitrogens with one attached hydrogen (secondary N) is 2. The summed E-state index contributed by atoms with van der Waals surface area (Å²) in [5.74, 6) is 0.558. The van der Waals surface area contributed by atoms with Crippen molar-refractivity contribution in [2.75, 3.05) is 32.0 Å². The van der Waals surface area contributed by atoms with Gasteiger partial charge in [-0.2, -0.15) is 0 Å². The zero-order valence-electron chi connectivity index (χ0n) is 11.9. The molecule has 1 aliphatic heterocycles. The number of hydrogen-bond donors (Lipinski definition) is 2. The zero-order valence-corrected chi connectivity index (χ0v) is 11.9. The van der Waals surface area contributed by atoms with Gasteiger partial charge in [-0.25, -0.2) is 0 Å². The normalized spacial score (nSPS) is 20.5. The summed E-state index contributed by atoms with van der Waals surface area (Å²) in [6, 6.07) is 7.96. The fourth-order valence-corrected chi connectivity index (χ4v) is 2.25. The smallest absolute Gasteiger partial charge is 0.242 e. The molecule has 1 aliphatic rings. The van der Waals surface area contributed by atoms with Crippen LogP contribution in [-0.2, 0) is 4.79 Å². The van der Waals surface area contributed by atoms with E-state index in [-0.39, 0.29) is 11.9 Å². The second-order valence-corrected chi connectivity index (χ2v) is 5.53. The van der Waals surface area contributed by atoms with Crippen LogP contribution in [-0.4, -0.2) is 43.5 Å². The Kier molecular flexibility index (Phi) is 4.56. The molecule has 1 aromatic rings. The Morgan fingerprint density at radius 2 is 2.05 bits per heavy atom. The molecule has 1 aromatic carbocycles. The molecular weight excluding hydrogens is 238 g/mol. The number of rotatable bonds is 3. The fraction of sp³-hybridized carbons (Fsp3) is 0.533. The van der Waals surface area contributed by atoms with Crippen molar-refractivity contribution in [3.8, 4) is 0 Å². The minimum atomic E-state index is -0.122. The number of hydrogen-bond acceptors (Lipinski definition) is 3. The maximum absolute atomic E-state index is 12.1. The van der Waals surface area contributed by atoms with Gasteiger partial charge in [0, 0.05) is 25.3 Å². The summed E-state index contributed by atoms with van der Waals surface area (Å²) in [5, 5.41) is 6.22. The van der Waals surface area contributed by atoms with E-state index < -0.39 is 0 Å². The summed E-state index contributed by atoms with van der Waals surface area (Å²) in [4.78, 5) is 14.3. The molecule has 1 saturated heterocycles. The third-order valence-electron chi connectivity index (χ3n) is 3.54. The van der Waals surface area contributed by atoms with E-state index in [1.807, 2.05) is 19.2 Å². The first-order valence-corrected chi connectivity index (χ1v) is 6.89. The van der Waals surface area contributed by atoms with Gasteiger partial charge in [0.25, 0.3) is 0 Å². The number of likely N-dealkylation sites (N-methyl/N-ethyl adjacent to an activating group) is 1. The highest BCUT2D eigenvalue weighted by molar-refractivity contribution is 5.95. The molecule has 0 saturated carbocycles. The molecule has 1 fully saturated rings. The van der Waals surface area contributed by atoms with Crippen molar-refractivity contribution in [3.05, 3.63) is 29.8 Å². The van der Waals surface area contributed by atoms with Gasteiger partial charge in [0.2, 0.25) is 5.91 Å². The second-order valence-electron chi connectivity index (χ2n) is 5.53. The van der Waals surface area contributed by atoms with Crippen LogP contribution in [0.15, 0.2) is 24.3 Å². The SMILES string of the molecule is CC(C)c1ccc(NC(=O)C2CN(C)CCN2)cc1.